The summed E-state index contributed by atoms with van der Waals surface area (Å²) in [6, 6.07) is 11.7. The van der Waals surface area contributed by atoms with Gasteiger partial charge in [-0.15, -0.1) is 0 Å². The summed E-state index contributed by atoms with van der Waals surface area (Å²) < 4.78 is 33.2. The molecule has 6 nitrogen and oxygen atoms in total. The molecule has 1 fully saturated rings. The van der Waals surface area contributed by atoms with Crippen molar-refractivity contribution in [3.05, 3.63) is 65.9 Å². The SMILES string of the molecule is CCC(=O)N1CCC(Oc2nc(-c3ccc(F)cc3)c(-c3ccc(F)cc3)nc2C=N)CC1. The average molecular weight is 450 g/mol. The number of ether oxygens (including phenoxy) is 1. The van der Waals surface area contributed by atoms with Crippen molar-refractivity contribution in [3.8, 4) is 28.4 Å². The van der Waals surface area contributed by atoms with Gasteiger partial charge in [0.05, 0.1) is 5.69 Å². The quantitative estimate of drug-likeness (QED) is 0.544. The number of benzene rings is 2. The molecule has 1 amide bonds. The van der Waals surface area contributed by atoms with Crippen molar-refractivity contribution in [2.45, 2.75) is 32.3 Å². The molecule has 1 N–H and O–H groups in total. The van der Waals surface area contributed by atoms with Crippen molar-refractivity contribution < 1.29 is 18.3 Å². The Hall–Kier alpha value is -3.68. The zero-order chi connectivity index (χ0) is 23.4. The third-order valence-corrected chi connectivity index (χ3v) is 5.64. The first-order chi connectivity index (χ1) is 16.0. The van der Waals surface area contributed by atoms with Crippen LogP contribution in [0.1, 0.15) is 31.9 Å². The van der Waals surface area contributed by atoms with E-state index in [0.717, 1.165) is 6.21 Å². The summed E-state index contributed by atoms with van der Waals surface area (Å²) in [5.41, 5.74) is 2.36. The van der Waals surface area contributed by atoms with Gasteiger partial charge in [0.2, 0.25) is 11.8 Å². The van der Waals surface area contributed by atoms with Crippen LogP contribution in [0.25, 0.3) is 22.5 Å². The fraction of sp³-hybridized carbons (Fsp3) is 0.280. The molecule has 2 aromatic carbocycles. The molecule has 0 bridgehead atoms. The van der Waals surface area contributed by atoms with Crippen LogP contribution < -0.4 is 4.74 Å². The van der Waals surface area contributed by atoms with Gasteiger partial charge in [0.15, 0.2) is 0 Å². The number of halogens is 2. The van der Waals surface area contributed by atoms with E-state index in [1.165, 1.54) is 24.3 Å². The van der Waals surface area contributed by atoms with Gasteiger partial charge in [-0.2, -0.15) is 0 Å². The summed E-state index contributed by atoms with van der Waals surface area (Å²) in [7, 11) is 0. The Kier molecular flexibility index (Phi) is 6.72. The van der Waals surface area contributed by atoms with E-state index in [1.807, 2.05) is 11.8 Å². The fourth-order valence-corrected chi connectivity index (χ4v) is 3.84. The van der Waals surface area contributed by atoms with Gasteiger partial charge in [-0.05, 0) is 48.5 Å². The number of amides is 1. The number of hydrogen-bond donors (Lipinski definition) is 1. The molecule has 170 valence electrons. The van der Waals surface area contributed by atoms with Crippen LogP contribution in [-0.4, -0.2) is 46.2 Å². The van der Waals surface area contributed by atoms with Crippen molar-refractivity contribution in [1.82, 2.24) is 14.9 Å². The molecule has 1 aliphatic rings. The molecule has 0 radical (unpaired) electrons. The van der Waals surface area contributed by atoms with Gasteiger partial charge in [-0.3, -0.25) is 4.79 Å². The molecule has 33 heavy (non-hydrogen) atoms. The molecule has 1 aromatic heterocycles. The third kappa shape index (κ3) is 5.05. The molecule has 0 saturated carbocycles. The normalized spacial score (nSPS) is 14.2. The third-order valence-electron chi connectivity index (χ3n) is 5.64. The number of carbonyl (C=O) groups excluding carboxylic acids is 1. The lowest BCUT2D eigenvalue weighted by Gasteiger charge is -2.32. The van der Waals surface area contributed by atoms with Crippen molar-refractivity contribution in [3.63, 3.8) is 0 Å². The second-order valence-electron chi connectivity index (χ2n) is 7.82. The monoisotopic (exact) mass is 450 g/mol. The molecule has 0 aliphatic carbocycles. The minimum Gasteiger partial charge on any atom is -0.473 e. The average Bonchev–Trinajstić information content (AvgIpc) is 2.85. The Morgan fingerprint density at radius 3 is 2.00 bits per heavy atom. The number of nitrogens with one attached hydrogen (secondary N) is 1. The topological polar surface area (TPSA) is 79.2 Å². The first-order valence-electron chi connectivity index (χ1n) is 10.9. The molecular formula is C25H24F2N4O2. The first-order valence-corrected chi connectivity index (χ1v) is 10.9. The molecule has 0 unspecified atom stereocenters. The summed E-state index contributed by atoms with van der Waals surface area (Å²) in [5.74, 6) is -0.433. The smallest absolute Gasteiger partial charge is 0.242 e. The number of nitrogens with zero attached hydrogens (tertiary/aromatic N) is 3. The number of hydrogen-bond acceptors (Lipinski definition) is 5. The summed E-state index contributed by atoms with van der Waals surface area (Å²) >= 11 is 0. The van der Waals surface area contributed by atoms with Crippen LogP contribution in [-0.2, 0) is 4.79 Å². The molecular weight excluding hydrogens is 426 g/mol. The maximum Gasteiger partial charge on any atom is 0.242 e. The number of piperidine rings is 1. The lowest BCUT2D eigenvalue weighted by molar-refractivity contribution is -0.132. The van der Waals surface area contributed by atoms with Crippen LogP contribution in [0.15, 0.2) is 48.5 Å². The molecule has 3 aromatic rings. The molecule has 1 saturated heterocycles. The molecule has 8 heteroatoms. The highest BCUT2D eigenvalue weighted by Gasteiger charge is 2.25. The zero-order valence-electron chi connectivity index (χ0n) is 18.2. The van der Waals surface area contributed by atoms with E-state index in [0.29, 0.717) is 54.9 Å². The van der Waals surface area contributed by atoms with E-state index in [9.17, 15) is 13.6 Å². The van der Waals surface area contributed by atoms with Gasteiger partial charge in [-0.25, -0.2) is 18.7 Å². The number of rotatable bonds is 6. The fourth-order valence-electron chi connectivity index (χ4n) is 3.84. The maximum absolute atomic E-state index is 13.5. The number of likely N-dealkylation sites (tertiary alicyclic amines) is 1. The summed E-state index contributed by atoms with van der Waals surface area (Å²) in [6.45, 7) is 3.04. The first kappa shape index (κ1) is 22.5. The largest absolute Gasteiger partial charge is 0.473 e. The van der Waals surface area contributed by atoms with E-state index in [2.05, 4.69) is 9.97 Å². The highest BCUT2D eigenvalue weighted by atomic mass is 19.1. The molecule has 0 spiro atoms. The number of aromatic nitrogens is 2. The molecule has 2 heterocycles. The van der Waals surface area contributed by atoms with Crippen molar-refractivity contribution in [1.29, 1.82) is 5.41 Å². The standard InChI is InChI=1S/C25H24F2N4O2/c1-2-22(32)31-13-11-20(12-14-31)33-25-21(15-28)29-23(16-3-7-18(26)8-4-16)24(30-25)17-5-9-19(27)10-6-17/h3-10,15,20,28H,2,11-14H2,1H3. The van der Waals surface area contributed by atoms with Crippen LogP contribution in [0.5, 0.6) is 5.88 Å². The Balaban J connectivity index is 1.70. The molecule has 0 atom stereocenters. The van der Waals surface area contributed by atoms with Crippen LogP contribution in [0, 0.1) is 17.0 Å². The number of carbonyl (C=O) groups is 1. The van der Waals surface area contributed by atoms with Gasteiger partial charge < -0.3 is 15.0 Å². The van der Waals surface area contributed by atoms with Crippen molar-refractivity contribution >= 4 is 12.1 Å². The Morgan fingerprint density at radius 2 is 1.52 bits per heavy atom. The minimum absolute atomic E-state index is 0.121. The Bertz CT molecular complexity index is 1140. The predicted molar refractivity (Wildman–Crippen MR) is 121 cm³/mol. The predicted octanol–water partition coefficient (Wildman–Crippen LogP) is 4.87. The minimum atomic E-state index is -0.379. The summed E-state index contributed by atoms with van der Waals surface area (Å²) in [6.07, 6.45) is 2.67. The highest BCUT2D eigenvalue weighted by Crippen LogP contribution is 2.33. The Morgan fingerprint density at radius 1 is 1.00 bits per heavy atom. The van der Waals surface area contributed by atoms with E-state index in [4.69, 9.17) is 10.1 Å². The second kappa shape index (κ2) is 9.85. The zero-order valence-corrected chi connectivity index (χ0v) is 18.2. The van der Waals surface area contributed by atoms with Crippen LogP contribution in [0.3, 0.4) is 0 Å². The van der Waals surface area contributed by atoms with Gasteiger partial charge >= 0.3 is 0 Å². The summed E-state index contributed by atoms with van der Waals surface area (Å²) in [4.78, 5) is 23.0. The summed E-state index contributed by atoms with van der Waals surface area (Å²) in [5, 5.41) is 7.84. The van der Waals surface area contributed by atoms with Gasteiger partial charge in [0.1, 0.15) is 29.1 Å². The lowest BCUT2D eigenvalue weighted by Crippen LogP contribution is -2.41. The van der Waals surface area contributed by atoms with Gasteiger partial charge in [0, 0.05) is 49.7 Å². The van der Waals surface area contributed by atoms with Gasteiger partial charge in [-0.1, -0.05) is 6.92 Å². The molecule has 4 rings (SSSR count). The van der Waals surface area contributed by atoms with Crippen LogP contribution in [0.2, 0.25) is 0 Å². The second-order valence-corrected chi connectivity index (χ2v) is 7.82. The van der Waals surface area contributed by atoms with E-state index in [1.54, 1.807) is 24.3 Å². The lowest BCUT2D eigenvalue weighted by atomic mass is 10.0. The Labute approximate surface area is 190 Å². The van der Waals surface area contributed by atoms with E-state index < -0.39 is 0 Å². The van der Waals surface area contributed by atoms with Crippen molar-refractivity contribution in [2.24, 2.45) is 0 Å². The highest BCUT2D eigenvalue weighted by molar-refractivity contribution is 5.84. The van der Waals surface area contributed by atoms with Crippen LogP contribution >= 0.6 is 0 Å². The van der Waals surface area contributed by atoms with Crippen molar-refractivity contribution in [2.75, 3.05) is 13.1 Å². The molecule has 1 aliphatic heterocycles. The maximum atomic E-state index is 13.5. The van der Waals surface area contributed by atoms with Gasteiger partial charge in [0.25, 0.3) is 0 Å². The van der Waals surface area contributed by atoms with E-state index in [-0.39, 0.29) is 35.2 Å². The van der Waals surface area contributed by atoms with E-state index >= 15 is 0 Å². The van der Waals surface area contributed by atoms with Crippen LogP contribution in [0.4, 0.5) is 8.78 Å².